The molecule has 2 rings (SSSR count). The van der Waals surface area contributed by atoms with Gasteiger partial charge in [0.05, 0.1) is 19.0 Å². The van der Waals surface area contributed by atoms with Crippen molar-refractivity contribution in [2.24, 2.45) is 5.92 Å². The van der Waals surface area contributed by atoms with Gasteiger partial charge in [-0.15, -0.1) is 0 Å². The minimum absolute atomic E-state index is 0.501. The lowest BCUT2D eigenvalue weighted by Crippen LogP contribution is -2.38. The SMILES string of the molecule is CCCNc1cncc(N(CCOC)C(C)C2CC2)n1. The summed E-state index contributed by atoms with van der Waals surface area (Å²) in [6.07, 6.45) is 7.37. The van der Waals surface area contributed by atoms with Crippen LogP contribution in [0.4, 0.5) is 11.6 Å². The quantitative estimate of drug-likeness (QED) is 0.752. The van der Waals surface area contributed by atoms with Crippen molar-refractivity contribution in [1.82, 2.24) is 9.97 Å². The van der Waals surface area contributed by atoms with Crippen molar-refractivity contribution in [2.45, 2.75) is 39.2 Å². The van der Waals surface area contributed by atoms with Crippen LogP contribution in [-0.4, -0.2) is 42.8 Å². The zero-order valence-corrected chi connectivity index (χ0v) is 12.8. The Balaban J connectivity index is 2.09. The summed E-state index contributed by atoms with van der Waals surface area (Å²) in [5.74, 6) is 2.60. The van der Waals surface area contributed by atoms with Crippen LogP contribution in [0.25, 0.3) is 0 Å². The standard InChI is InChI=1S/C15H26N4O/c1-4-7-17-14-10-16-11-15(18-14)19(8-9-20-3)12(2)13-5-6-13/h10-13H,4-9H2,1-3H3,(H,17,18). The van der Waals surface area contributed by atoms with Gasteiger partial charge in [0.15, 0.2) is 0 Å². The summed E-state index contributed by atoms with van der Waals surface area (Å²) in [6, 6.07) is 0.501. The number of nitrogens with zero attached hydrogens (tertiary/aromatic N) is 3. The molecule has 1 aromatic heterocycles. The first-order chi connectivity index (χ1) is 9.76. The average molecular weight is 278 g/mol. The predicted molar refractivity (Wildman–Crippen MR) is 82.2 cm³/mol. The molecule has 20 heavy (non-hydrogen) atoms. The third-order valence-corrected chi connectivity index (χ3v) is 3.80. The lowest BCUT2D eigenvalue weighted by molar-refractivity contribution is 0.202. The molecule has 1 unspecified atom stereocenters. The maximum Gasteiger partial charge on any atom is 0.149 e. The highest BCUT2D eigenvalue weighted by Gasteiger charge is 2.32. The van der Waals surface area contributed by atoms with Crippen LogP contribution in [0, 0.1) is 5.92 Å². The Morgan fingerprint density at radius 3 is 2.90 bits per heavy atom. The first kappa shape index (κ1) is 15.0. The van der Waals surface area contributed by atoms with Crippen LogP contribution >= 0.6 is 0 Å². The van der Waals surface area contributed by atoms with E-state index in [-0.39, 0.29) is 0 Å². The summed E-state index contributed by atoms with van der Waals surface area (Å²) in [5.41, 5.74) is 0. The van der Waals surface area contributed by atoms with Crippen LogP contribution in [0.2, 0.25) is 0 Å². The molecule has 0 radical (unpaired) electrons. The fourth-order valence-electron chi connectivity index (χ4n) is 2.38. The van der Waals surface area contributed by atoms with Gasteiger partial charge in [0.25, 0.3) is 0 Å². The Kier molecular flexibility index (Phi) is 5.59. The topological polar surface area (TPSA) is 50.3 Å². The summed E-state index contributed by atoms with van der Waals surface area (Å²) in [5, 5.41) is 3.30. The minimum Gasteiger partial charge on any atom is -0.383 e. The number of anilines is 2. The molecule has 1 aliphatic rings. The van der Waals surface area contributed by atoms with E-state index in [9.17, 15) is 0 Å². The molecule has 1 aromatic rings. The molecule has 1 fully saturated rings. The molecule has 5 nitrogen and oxygen atoms in total. The fraction of sp³-hybridized carbons (Fsp3) is 0.733. The molecule has 0 saturated heterocycles. The fourth-order valence-corrected chi connectivity index (χ4v) is 2.38. The number of hydrogen-bond acceptors (Lipinski definition) is 5. The molecule has 0 amide bonds. The second kappa shape index (κ2) is 7.43. The molecule has 0 bridgehead atoms. The van der Waals surface area contributed by atoms with Crippen molar-refractivity contribution >= 4 is 11.6 Å². The van der Waals surface area contributed by atoms with Crippen LogP contribution in [-0.2, 0) is 4.74 Å². The molecular weight excluding hydrogens is 252 g/mol. The second-order valence-electron chi connectivity index (χ2n) is 5.45. The number of hydrogen-bond donors (Lipinski definition) is 1. The van der Waals surface area contributed by atoms with E-state index < -0.39 is 0 Å². The molecule has 1 saturated carbocycles. The van der Waals surface area contributed by atoms with E-state index in [1.54, 1.807) is 13.3 Å². The normalized spacial score (nSPS) is 15.9. The Morgan fingerprint density at radius 2 is 2.25 bits per heavy atom. The molecular formula is C15H26N4O. The van der Waals surface area contributed by atoms with Gasteiger partial charge in [0.1, 0.15) is 11.6 Å². The van der Waals surface area contributed by atoms with Crippen LogP contribution in [0.1, 0.15) is 33.1 Å². The van der Waals surface area contributed by atoms with Gasteiger partial charge in [-0.25, -0.2) is 4.98 Å². The van der Waals surface area contributed by atoms with Gasteiger partial charge < -0.3 is 15.0 Å². The molecule has 5 heteroatoms. The van der Waals surface area contributed by atoms with Gasteiger partial charge in [0, 0.05) is 26.2 Å². The molecule has 0 aromatic carbocycles. The molecule has 1 heterocycles. The van der Waals surface area contributed by atoms with Crippen LogP contribution in [0.3, 0.4) is 0 Å². The Bertz CT molecular complexity index is 409. The van der Waals surface area contributed by atoms with Gasteiger partial charge >= 0.3 is 0 Å². The van der Waals surface area contributed by atoms with Crippen molar-refractivity contribution in [1.29, 1.82) is 0 Å². The van der Waals surface area contributed by atoms with Crippen molar-refractivity contribution < 1.29 is 4.74 Å². The zero-order chi connectivity index (χ0) is 14.4. The van der Waals surface area contributed by atoms with Crippen LogP contribution in [0.15, 0.2) is 12.4 Å². The van der Waals surface area contributed by atoms with Crippen molar-refractivity contribution in [3.05, 3.63) is 12.4 Å². The molecule has 0 spiro atoms. The maximum absolute atomic E-state index is 5.23. The highest BCUT2D eigenvalue weighted by Crippen LogP contribution is 2.36. The molecule has 0 aliphatic heterocycles. The highest BCUT2D eigenvalue weighted by atomic mass is 16.5. The summed E-state index contributed by atoms with van der Waals surface area (Å²) in [7, 11) is 1.74. The second-order valence-corrected chi connectivity index (χ2v) is 5.45. The van der Waals surface area contributed by atoms with Crippen molar-refractivity contribution in [3.63, 3.8) is 0 Å². The van der Waals surface area contributed by atoms with Gasteiger partial charge in [0.2, 0.25) is 0 Å². The lowest BCUT2D eigenvalue weighted by Gasteiger charge is -2.30. The van der Waals surface area contributed by atoms with E-state index in [1.165, 1.54) is 12.8 Å². The first-order valence-corrected chi connectivity index (χ1v) is 7.57. The summed E-state index contributed by atoms with van der Waals surface area (Å²) < 4.78 is 5.23. The van der Waals surface area contributed by atoms with E-state index in [0.717, 1.165) is 37.1 Å². The number of ether oxygens (including phenoxy) is 1. The third kappa shape index (κ3) is 4.07. The third-order valence-electron chi connectivity index (χ3n) is 3.80. The molecule has 1 N–H and O–H groups in total. The summed E-state index contributed by atoms with van der Waals surface area (Å²) in [4.78, 5) is 11.3. The maximum atomic E-state index is 5.23. The minimum atomic E-state index is 0.501. The van der Waals surface area contributed by atoms with Gasteiger partial charge in [-0.2, -0.15) is 0 Å². The average Bonchev–Trinajstić information content (AvgIpc) is 3.30. The van der Waals surface area contributed by atoms with Gasteiger partial charge in [-0.1, -0.05) is 6.92 Å². The highest BCUT2D eigenvalue weighted by molar-refractivity contribution is 5.45. The van der Waals surface area contributed by atoms with Crippen molar-refractivity contribution in [2.75, 3.05) is 37.0 Å². The van der Waals surface area contributed by atoms with E-state index in [1.807, 2.05) is 6.20 Å². The Labute approximate surface area is 121 Å². The van der Waals surface area contributed by atoms with Gasteiger partial charge in [-0.3, -0.25) is 4.98 Å². The molecule has 1 atom stereocenters. The molecule has 112 valence electrons. The largest absolute Gasteiger partial charge is 0.383 e. The van der Waals surface area contributed by atoms with E-state index in [2.05, 4.69) is 29.0 Å². The molecule has 1 aliphatic carbocycles. The number of methoxy groups -OCH3 is 1. The van der Waals surface area contributed by atoms with E-state index >= 15 is 0 Å². The number of nitrogens with one attached hydrogen (secondary N) is 1. The van der Waals surface area contributed by atoms with E-state index in [4.69, 9.17) is 9.72 Å². The summed E-state index contributed by atoms with van der Waals surface area (Å²) in [6.45, 7) is 6.92. The Hall–Kier alpha value is -1.36. The number of aromatic nitrogens is 2. The van der Waals surface area contributed by atoms with Crippen LogP contribution < -0.4 is 10.2 Å². The first-order valence-electron chi connectivity index (χ1n) is 7.57. The number of rotatable bonds is 9. The lowest BCUT2D eigenvalue weighted by atomic mass is 10.2. The van der Waals surface area contributed by atoms with Crippen LogP contribution in [0.5, 0.6) is 0 Å². The van der Waals surface area contributed by atoms with Crippen molar-refractivity contribution in [3.8, 4) is 0 Å². The Morgan fingerprint density at radius 1 is 1.45 bits per heavy atom. The predicted octanol–water partition coefficient (Wildman–Crippen LogP) is 2.55. The monoisotopic (exact) mass is 278 g/mol. The zero-order valence-electron chi connectivity index (χ0n) is 12.8. The van der Waals surface area contributed by atoms with E-state index in [0.29, 0.717) is 12.6 Å². The van der Waals surface area contributed by atoms with Gasteiger partial charge in [-0.05, 0) is 32.1 Å². The summed E-state index contributed by atoms with van der Waals surface area (Å²) >= 11 is 0. The smallest absolute Gasteiger partial charge is 0.149 e.